The fourth-order valence-electron chi connectivity index (χ4n) is 3.70. The van der Waals surface area contributed by atoms with Crippen molar-refractivity contribution in [2.75, 3.05) is 30.3 Å². The second kappa shape index (κ2) is 7.36. The van der Waals surface area contributed by atoms with Crippen molar-refractivity contribution in [2.24, 2.45) is 5.92 Å². The first kappa shape index (κ1) is 17.5. The summed E-state index contributed by atoms with van der Waals surface area (Å²) in [6, 6.07) is 10.8. The summed E-state index contributed by atoms with van der Waals surface area (Å²) in [6.07, 6.45) is 2.54. The number of nitrogens with one attached hydrogen (secondary N) is 2. The number of nitrogens with zero attached hydrogens (tertiary/aromatic N) is 2. The maximum atomic E-state index is 12.8. The summed E-state index contributed by atoms with van der Waals surface area (Å²) in [5.74, 6) is -0.0733. The van der Waals surface area contributed by atoms with Crippen LogP contribution in [0.15, 0.2) is 42.6 Å². The van der Waals surface area contributed by atoms with E-state index in [0.717, 1.165) is 18.5 Å². The van der Waals surface area contributed by atoms with E-state index in [2.05, 4.69) is 15.6 Å². The largest absolute Gasteiger partial charge is 0.387 e. The van der Waals surface area contributed by atoms with Gasteiger partial charge in [-0.1, -0.05) is 6.07 Å². The first-order chi connectivity index (χ1) is 13.1. The zero-order valence-electron chi connectivity index (χ0n) is 14.9. The molecule has 1 saturated heterocycles. The first-order valence-corrected chi connectivity index (χ1v) is 9.18. The van der Waals surface area contributed by atoms with Gasteiger partial charge in [0.15, 0.2) is 0 Å². The Morgan fingerprint density at radius 2 is 2.00 bits per heavy atom. The molecule has 0 aliphatic carbocycles. The van der Waals surface area contributed by atoms with E-state index in [-0.39, 0.29) is 24.3 Å². The number of aromatic nitrogens is 1. The number of hydrogen-bond acceptors (Lipinski definition) is 5. The van der Waals surface area contributed by atoms with Gasteiger partial charge in [0, 0.05) is 24.8 Å². The highest BCUT2D eigenvalue weighted by Crippen LogP contribution is 2.31. The average molecular weight is 366 g/mol. The van der Waals surface area contributed by atoms with Crippen molar-refractivity contribution in [1.82, 2.24) is 9.88 Å². The van der Waals surface area contributed by atoms with Gasteiger partial charge in [0.25, 0.3) is 5.91 Å². The molecule has 3 heterocycles. The highest BCUT2D eigenvalue weighted by molar-refractivity contribution is 6.03. The van der Waals surface area contributed by atoms with Crippen molar-refractivity contribution in [1.29, 1.82) is 0 Å². The molecule has 7 heteroatoms. The molecular weight excluding hydrogens is 344 g/mol. The molecular formula is C20H22N4O3. The van der Waals surface area contributed by atoms with Gasteiger partial charge in [0.1, 0.15) is 0 Å². The van der Waals surface area contributed by atoms with Crippen LogP contribution in [0, 0.1) is 5.92 Å². The van der Waals surface area contributed by atoms with E-state index in [1.54, 1.807) is 23.2 Å². The quantitative estimate of drug-likeness (QED) is 0.773. The monoisotopic (exact) mass is 366 g/mol. The number of hydrogen-bond donors (Lipinski definition) is 3. The SMILES string of the molecule is O=C1CNc2ccc(C(=O)N3CCC(C(O)c4ccccn4)CC3)cc2N1. The van der Waals surface area contributed by atoms with Gasteiger partial charge < -0.3 is 20.6 Å². The van der Waals surface area contributed by atoms with Gasteiger partial charge in [-0.05, 0) is 49.1 Å². The van der Waals surface area contributed by atoms with Crippen LogP contribution in [0.3, 0.4) is 0 Å². The molecule has 140 valence electrons. The second-order valence-corrected chi connectivity index (χ2v) is 6.99. The molecule has 2 aliphatic rings. The van der Waals surface area contributed by atoms with Crippen LogP contribution in [0.4, 0.5) is 11.4 Å². The number of fused-ring (bicyclic) bond motifs is 1. The molecule has 2 aromatic rings. The number of piperidine rings is 1. The summed E-state index contributed by atoms with van der Waals surface area (Å²) >= 11 is 0. The number of rotatable bonds is 3. The van der Waals surface area contributed by atoms with Gasteiger partial charge in [0.05, 0.1) is 29.7 Å². The normalized spacial score (nSPS) is 18.3. The maximum Gasteiger partial charge on any atom is 0.253 e. The highest BCUT2D eigenvalue weighted by atomic mass is 16.3. The highest BCUT2D eigenvalue weighted by Gasteiger charge is 2.29. The third-order valence-corrected chi connectivity index (χ3v) is 5.24. The maximum absolute atomic E-state index is 12.8. The molecule has 2 aliphatic heterocycles. The average Bonchev–Trinajstić information content (AvgIpc) is 2.73. The second-order valence-electron chi connectivity index (χ2n) is 6.99. The number of pyridine rings is 1. The van der Waals surface area contributed by atoms with Gasteiger partial charge >= 0.3 is 0 Å². The van der Waals surface area contributed by atoms with E-state index in [0.29, 0.717) is 30.0 Å². The van der Waals surface area contributed by atoms with Crippen LogP contribution in [0.1, 0.15) is 35.0 Å². The molecule has 1 aromatic heterocycles. The lowest BCUT2D eigenvalue weighted by molar-refractivity contribution is -0.114. The fourth-order valence-corrected chi connectivity index (χ4v) is 3.70. The van der Waals surface area contributed by atoms with Crippen LogP contribution < -0.4 is 10.6 Å². The Hall–Kier alpha value is -2.93. The van der Waals surface area contributed by atoms with Crippen LogP contribution in [0.2, 0.25) is 0 Å². The molecule has 3 N–H and O–H groups in total. The van der Waals surface area contributed by atoms with E-state index in [4.69, 9.17) is 0 Å². The summed E-state index contributed by atoms with van der Waals surface area (Å²) in [4.78, 5) is 30.4. The number of likely N-dealkylation sites (tertiary alicyclic amines) is 1. The van der Waals surface area contributed by atoms with Gasteiger partial charge in [0.2, 0.25) is 5.91 Å². The van der Waals surface area contributed by atoms with Crippen LogP contribution in [0.25, 0.3) is 0 Å². The molecule has 0 saturated carbocycles. The summed E-state index contributed by atoms with van der Waals surface area (Å²) < 4.78 is 0. The van der Waals surface area contributed by atoms with Crippen molar-refractivity contribution < 1.29 is 14.7 Å². The number of benzene rings is 1. The van der Waals surface area contributed by atoms with E-state index >= 15 is 0 Å². The lowest BCUT2D eigenvalue weighted by atomic mass is 9.89. The topological polar surface area (TPSA) is 94.6 Å². The van der Waals surface area contributed by atoms with E-state index < -0.39 is 6.10 Å². The Labute approximate surface area is 157 Å². The third kappa shape index (κ3) is 3.64. The van der Waals surface area contributed by atoms with Crippen molar-refractivity contribution in [2.45, 2.75) is 18.9 Å². The molecule has 0 radical (unpaired) electrons. The minimum atomic E-state index is -0.603. The van der Waals surface area contributed by atoms with Crippen LogP contribution in [-0.2, 0) is 4.79 Å². The van der Waals surface area contributed by atoms with Crippen LogP contribution in [-0.4, -0.2) is 46.4 Å². The number of aliphatic hydroxyl groups is 1. The molecule has 27 heavy (non-hydrogen) atoms. The zero-order valence-corrected chi connectivity index (χ0v) is 14.9. The fraction of sp³-hybridized carbons (Fsp3) is 0.350. The molecule has 1 aromatic carbocycles. The minimum Gasteiger partial charge on any atom is -0.387 e. The summed E-state index contributed by atoms with van der Waals surface area (Å²) in [5.41, 5.74) is 2.70. The van der Waals surface area contributed by atoms with Crippen molar-refractivity contribution in [3.05, 3.63) is 53.9 Å². The Bertz CT molecular complexity index is 848. The van der Waals surface area contributed by atoms with E-state index in [1.165, 1.54) is 0 Å². The van der Waals surface area contributed by atoms with Gasteiger partial charge in [-0.2, -0.15) is 0 Å². The summed E-state index contributed by atoms with van der Waals surface area (Å²) in [7, 11) is 0. The van der Waals surface area contributed by atoms with Crippen molar-refractivity contribution in [3.8, 4) is 0 Å². The Kier molecular flexibility index (Phi) is 4.77. The minimum absolute atomic E-state index is 0.0524. The lowest BCUT2D eigenvalue weighted by Crippen LogP contribution is -2.40. The predicted octanol–water partition coefficient (Wildman–Crippen LogP) is 2.03. The number of aliphatic hydroxyl groups excluding tert-OH is 1. The number of carbonyl (C=O) groups is 2. The summed E-state index contributed by atoms with van der Waals surface area (Å²) in [6.45, 7) is 1.43. The molecule has 4 rings (SSSR count). The zero-order chi connectivity index (χ0) is 18.8. The predicted molar refractivity (Wildman–Crippen MR) is 101 cm³/mol. The number of amides is 2. The van der Waals surface area contributed by atoms with Gasteiger partial charge in [-0.3, -0.25) is 14.6 Å². The Morgan fingerprint density at radius 1 is 1.19 bits per heavy atom. The lowest BCUT2D eigenvalue weighted by Gasteiger charge is -2.34. The summed E-state index contributed by atoms with van der Waals surface area (Å²) in [5, 5.41) is 16.3. The van der Waals surface area contributed by atoms with Crippen molar-refractivity contribution in [3.63, 3.8) is 0 Å². The third-order valence-electron chi connectivity index (χ3n) is 5.24. The van der Waals surface area contributed by atoms with Crippen molar-refractivity contribution >= 4 is 23.2 Å². The number of carbonyl (C=O) groups excluding carboxylic acids is 2. The molecule has 1 unspecified atom stereocenters. The van der Waals surface area contributed by atoms with Gasteiger partial charge in [-0.25, -0.2) is 0 Å². The standard InChI is InChI=1S/C20H22N4O3/c25-18-12-22-15-5-4-14(11-17(15)23-18)20(27)24-9-6-13(7-10-24)19(26)16-3-1-2-8-21-16/h1-5,8,11,13,19,22,26H,6-7,9-10,12H2,(H,23,25). The van der Waals surface area contributed by atoms with Crippen LogP contribution >= 0.6 is 0 Å². The molecule has 7 nitrogen and oxygen atoms in total. The van der Waals surface area contributed by atoms with E-state index in [1.807, 2.05) is 24.3 Å². The molecule has 1 atom stereocenters. The van der Waals surface area contributed by atoms with Crippen LogP contribution in [0.5, 0.6) is 0 Å². The number of anilines is 2. The molecule has 1 fully saturated rings. The molecule has 0 bridgehead atoms. The Morgan fingerprint density at radius 3 is 2.74 bits per heavy atom. The first-order valence-electron chi connectivity index (χ1n) is 9.18. The molecule has 2 amide bonds. The van der Waals surface area contributed by atoms with E-state index in [9.17, 15) is 14.7 Å². The smallest absolute Gasteiger partial charge is 0.253 e. The van der Waals surface area contributed by atoms with Gasteiger partial charge in [-0.15, -0.1) is 0 Å². The molecule has 0 spiro atoms. The Balaban J connectivity index is 1.40.